The van der Waals surface area contributed by atoms with Crippen molar-refractivity contribution in [1.29, 1.82) is 0 Å². The third kappa shape index (κ3) is 5.55. The third-order valence-corrected chi connectivity index (χ3v) is 7.44. The number of carboxylic acids is 1. The number of carbonyl (C=O) groups excluding carboxylic acids is 1. The van der Waals surface area contributed by atoms with Gasteiger partial charge in [-0.25, -0.2) is 4.98 Å². The first-order chi connectivity index (χ1) is 12.8. The molecule has 2 aromatic rings. The van der Waals surface area contributed by atoms with Crippen molar-refractivity contribution in [2.45, 2.75) is 65.3 Å². The number of aliphatic carboxylic acids is 1. The van der Waals surface area contributed by atoms with Crippen LogP contribution in [0, 0.1) is 11.3 Å². The van der Waals surface area contributed by atoms with E-state index in [-0.39, 0.29) is 6.42 Å². The molecule has 0 bridgehead atoms. The molecule has 1 aliphatic carbocycles. The molecule has 0 aromatic carbocycles. The summed E-state index contributed by atoms with van der Waals surface area (Å²) in [5.74, 6) is 0.326. The lowest BCUT2D eigenvalue weighted by Gasteiger charge is -2.36. The van der Waals surface area contributed by atoms with Crippen LogP contribution in [0.25, 0.3) is 0 Å². The van der Waals surface area contributed by atoms with Crippen molar-refractivity contribution in [3.8, 4) is 0 Å². The van der Waals surface area contributed by atoms with Gasteiger partial charge in [-0.15, -0.1) is 22.7 Å². The van der Waals surface area contributed by atoms with Crippen LogP contribution in [0.15, 0.2) is 22.9 Å². The van der Waals surface area contributed by atoms with Crippen LogP contribution in [0.2, 0.25) is 0 Å². The minimum absolute atomic E-state index is 0.0248. The molecular weight excluding hydrogens is 376 g/mol. The van der Waals surface area contributed by atoms with E-state index in [9.17, 15) is 9.90 Å². The van der Waals surface area contributed by atoms with E-state index in [1.54, 1.807) is 22.7 Å². The zero-order valence-corrected chi connectivity index (χ0v) is 18.1. The second kappa shape index (κ2) is 8.74. The van der Waals surface area contributed by atoms with Gasteiger partial charge in [0.15, 0.2) is 5.13 Å². The molecule has 0 radical (unpaired) electrons. The summed E-state index contributed by atoms with van der Waals surface area (Å²) in [6.45, 7) is 8.18. The van der Waals surface area contributed by atoms with Gasteiger partial charge in [0.05, 0.1) is 12.2 Å². The maximum Gasteiger partial charge on any atom is 0.185 e. The number of rotatable bonds is 7. The maximum absolute atomic E-state index is 10.9. The minimum atomic E-state index is -1.01. The number of carboxylic acid groups (broad SMARTS) is 1. The summed E-state index contributed by atoms with van der Waals surface area (Å²) in [5, 5.41) is 16.1. The van der Waals surface area contributed by atoms with Gasteiger partial charge in [-0.3, -0.25) is 0 Å². The molecule has 4 nitrogen and oxygen atoms in total. The summed E-state index contributed by atoms with van der Waals surface area (Å²) >= 11 is 3.33. The maximum atomic E-state index is 10.9. The lowest BCUT2D eigenvalue weighted by atomic mass is 9.69. The van der Waals surface area contributed by atoms with E-state index in [0.717, 1.165) is 11.0 Å². The standard InChI is InChI=1S/C21H30N2O2S2/c1-21(2,3)16-8-6-15(7-9-16)18-14-27-20(22-18)23(11-10-19(24)25)13-17-5-4-12-26-17/h4-5,12,14-16H,6-11,13H2,1-3H3,(H,24,25)/p-1. The molecule has 1 aliphatic rings. The van der Waals surface area contributed by atoms with Gasteiger partial charge < -0.3 is 14.8 Å². The van der Waals surface area contributed by atoms with Crippen LogP contribution in [-0.2, 0) is 11.3 Å². The summed E-state index contributed by atoms with van der Waals surface area (Å²) in [6, 6.07) is 4.11. The fourth-order valence-corrected chi connectivity index (χ4v) is 5.58. The van der Waals surface area contributed by atoms with Crippen molar-refractivity contribution in [2.24, 2.45) is 11.3 Å². The molecule has 0 atom stereocenters. The summed E-state index contributed by atoms with van der Waals surface area (Å²) < 4.78 is 0. The van der Waals surface area contributed by atoms with Crippen LogP contribution in [-0.4, -0.2) is 17.5 Å². The number of aromatic nitrogens is 1. The second-order valence-corrected chi connectivity index (χ2v) is 10.5. The van der Waals surface area contributed by atoms with E-state index in [4.69, 9.17) is 4.98 Å². The topological polar surface area (TPSA) is 56.3 Å². The first-order valence-corrected chi connectivity index (χ1v) is 11.5. The Morgan fingerprint density at radius 3 is 2.59 bits per heavy atom. The first kappa shape index (κ1) is 20.3. The van der Waals surface area contributed by atoms with Crippen LogP contribution in [0.4, 0.5) is 5.13 Å². The molecule has 3 rings (SSSR count). The molecule has 0 unspecified atom stereocenters. The molecule has 27 heavy (non-hydrogen) atoms. The van der Waals surface area contributed by atoms with Gasteiger partial charge in [-0.05, 0) is 48.5 Å². The van der Waals surface area contributed by atoms with Crippen molar-refractivity contribution < 1.29 is 9.90 Å². The van der Waals surface area contributed by atoms with Crippen molar-refractivity contribution in [1.82, 2.24) is 4.98 Å². The Hall–Kier alpha value is -1.40. The summed E-state index contributed by atoms with van der Waals surface area (Å²) in [4.78, 5) is 19.2. The first-order valence-electron chi connectivity index (χ1n) is 9.75. The Morgan fingerprint density at radius 2 is 2.00 bits per heavy atom. The minimum Gasteiger partial charge on any atom is -0.550 e. The zero-order valence-electron chi connectivity index (χ0n) is 16.4. The highest BCUT2D eigenvalue weighted by Crippen LogP contribution is 2.43. The van der Waals surface area contributed by atoms with E-state index < -0.39 is 5.97 Å². The SMILES string of the molecule is CC(C)(C)C1CCC(c2csc(N(CCC(=O)[O-])Cc3cccs3)n2)CC1. The molecule has 0 spiro atoms. The van der Waals surface area contributed by atoms with Crippen molar-refractivity contribution in [3.05, 3.63) is 33.5 Å². The van der Waals surface area contributed by atoms with Crippen LogP contribution >= 0.6 is 22.7 Å². The van der Waals surface area contributed by atoms with E-state index in [0.29, 0.717) is 24.4 Å². The second-order valence-electron chi connectivity index (χ2n) is 8.59. The molecule has 1 fully saturated rings. The quantitative estimate of drug-likeness (QED) is 0.672. The predicted octanol–water partition coefficient (Wildman–Crippen LogP) is 4.67. The summed E-state index contributed by atoms with van der Waals surface area (Å²) in [7, 11) is 0. The number of hydrogen-bond acceptors (Lipinski definition) is 6. The number of thiazole rings is 1. The van der Waals surface area contributed by atoms with Gasteiger partial charge in [-0.1, -0.05) is 26.8 Å². The fourth-order valence-electron chi connectivity index (χ4n) is 3.92. The number of anilines is 1. The van der Waals surface area contributed by atoms with Gasteiger partial charge in [0.25, 0.3) is 0 Å². The van der Waals surface area contributed by atoms with Gasteiger partial charge in [-0.2, -0.15) is 0 Å². The Morgan fingerprint density at radius 1 is 1.26 bits per heavy atom. The molecule has 6 heteroatoms. The van der Waals surface area contributed by atoms with Crippen LogP contribution in [0.5, 0.6) is 0 Å². The number of carbonyl (C=O) groups is 1. The monoisotopic (exact) mass is 405 g/mol. The third-order valence-electron chi connectivity index (χ3n) is 5.66. The highest BCUT2D eigenvalue weighted by Gasteiger charge is 2.31. The lowest BCUT2D eigenvalue weighted by Crippen LogP contribution is -2.30. The van der Waals surface area contributed by atoms with Crippen molar-refractivity contribution in [3.63, 3.8) is 0 Å². The highest BCUT2D eigenvalue weighted by molar-refractivity contribution is 7.13. The van der Waals surface area contributed by atoms with E-state index in [1.807, 2.05) is 11.4 Å². The summed E-state index contributed by atoms with van der Waals surface area (Å²) in [5.41, 5.74) is 1.58. The number of hydrogen-bond donors (Lipinski definition) is 0. The van der Waals surface area contributed by atoms with Crippen molar-refractivity contribution >= 4 is 33.8 Å². The Balaban J connectivity index is 1.67. The van der Waals surface area contributed by atoms with Gasteiger partial charge in [0, 0.05) is 35.1 Å². The molecule has 0 saturated heterocycles. The molecule has 148 valence electrons. The zero-order chi connectivity index (χ0) is 19.4. The molecule has 2 heterocycles. The van der Waals surface area contributed by atoms with E-state index >= 15 is 0 Å². The van der Waals surface area contributed by atoms with Gasteiger partial charge >= 0.3 is 0 Å². The fraction of sp³-hybridized carbons (Fsp3) is 0.619. The summed E-state index contributed by atoms with van der Waals surface area (Å²) in [6.07, 6.45) is 4.97. The Kier molecular flexibility index (Phi) is 6.58. The van der Waals surface area contributed by atoms with Gasteiger partial charge in [0.2, 0.25) is 0 Å². The Labute approximate surface area is 170 Å². The molecular formula is C21H29N2O2S2-. The normalized spacial score (nSPS) is 20.6. The van der Waals surface area contributed by atoms with Crippen LogP contribution < -0.4 is 10.0 Å². The average Bonchev–Trinajstić information content (AvgIpc) is 3.29. The smallest absolute Gasteiger partial charge is 0.185 e. The molecule has 0 aliphatic heterocycles. The number of thiophene rings is 1. The van der Waals surface area contributed by atoms with Gasteiger partial charge in [0.1, 0.15) is 0 Å². The van der Waals surface area contributed by atoms with E-state index in [2.05, 4.69) is 37.1 Å². The van der Waals surface area contributed by atoms with E-state index in [1.165, 1.54) is 36.3 Å². The molecule has 0 amide bonds. The molecule has 0 N–H and O–H groups in total. The van der Waals surface area contributed by atoms with Crippen LogP contribution in [0.1, 0.15) is 69.4 Å². The lowest BCUT2D eigenvalue weighted by molar-refractivity contribution is -0.305. The highest BCUT2D eigenvalue weighted by atomic mass is 32.1. The average molecular weight is 406 g/mol. The molecule has 2 aromatic heterocycles. The van der Waals surface area contributed by atoms with Crippen molar-refractivity contribution in [2.75, 3.05) is 11.4 Å². The predicted molar refractivity (Wildman–Crippen MR) is 111 cm³/mol. The largest absolute Gasteiger partial charge is 0.550 e. The molecule has 1 saturated carbocycles. The Bertz CT molecular complexity index is 726. The number of nitrogens with zero attached hydrogens (tertiary/aromatic N) is 2. The van der Waals surface area contributed by atoms with Crippen LogP contribution in [0.3, 0.4) is 0 Å².